The molecule has 9 heteroatoms. The number of carbonyl (C=O) groups is 4. The van der Waals surface area contributed by atoms with Crippen molar-refractivity contribution in [3.63, 3.8) is 0 Å². The van der Waals surface area contributed by atoms with E-state index in [1.165, 1.54) is 0 Å². The lowest BCUT2D eigenvalue weighted by Gasteiger charge is -2.19. The van der Waals surface area contributed by atoms with E-state index in [1.807, 2.05) is 11.8 Å². The molecule has 1 aromatic carbocycles. The minimum absolute atomic E-state index is 0.0208. The number of nitrogens with one attached hydrogen (secondary N) is 3. The average Bonchev–Trinajstić information content (AvgIpc) is 3.30. The fourth-order valence-corrected chi connectivity index (χ4v) is 3.46. The van der Waals surface area contributed by atoms with Gasteiger partial charge in [-0.25, -0.2) is 4.79 Å². The van der Waals surface area contributed by atoms with Crippen LogP contribution >= 0.6 is 0 Å². The number of aryl methyl sites for hydroxylation is 1. The molecule has 2 aliphatic heterocycles. The third-order valence-electron chi connectivity index (χ3n) is 5.51. The van der Waals surface area contributed by atoms with Gasteiger partial charge in [0, 0.05) is 24.3 Å². The molecule has 1 unspecified atom stereocenters. The first-order valence-corrected chi connectivity index (χ1v) is 9.85. The largest absolute Gasteiger partial charge is 0.376 e. The van der Waals surface area contributed by atoms with Gasteiger partial charge in [0.1, 0.15) is 5.54 Å². The summed E-state index contributed by atoms with van der Waals surface area (Å²) < 4.78 is 0. The van der Waals surface area contributed by atoms with Crippen molar-refractivity contribution in [3.05, 3.63) is 29.3 Å². The molecule has 2 saturated heterocycles. The summed E-state index contributed by atoms with van der Waals surface area (Å²) in [5.41, 5.74) is 3.48. The Balaban J connectivity index is 1.57. The van der Waals surface area contributed by atoms with E-state index in [-0.39, 0.29) is 12.5 Å². The minimum atomic E-state index is -1.01. The summed E-state index contributed by atoms with van der Waals surface area (Å²) in [5, 5.41) is 6.27. The molecule has 0 radical (unpaired) electrons. The van der Waals surface area contributed by atoms with Crippen LogP contribution in [0.4, 0.5) is 10.5 Å². The fourth-order valence-electron chi connectivity index (χ4n) is 3.46. The predicted molar refractivity (Wildman–Crippen MR) is 107 cm³/mol. The van der Waals surface area contributed by atoms with Crippen LogP contribution < -0.4 is 16.1 Å². The molecule has 1 atom stereocenters. The second-order valence-electron chi connectivity index (χ2n) is 7.67. The summed E-state index contributed by atoms with van der Waals surface area (Å²) in [6.07, 6.45) is 2.49. The molecule has 0 aliphatic carbocycles. The molecule has 2 fully saturated rings. The van der Waals surface area contributed by atoms with E-state index in [1.54, 1.807) is 32.0 Å². The van der Waals surface area contributed by atoms with Crippen molar-refractivity contribution < 1.29 is 19.2 Å². The van der Waals surface area contributed by atoms with Gasteiger partial charge in [-0.15, -0.1) is 0 Å². The summed E-state index contributed by atoms with van der Waals surface area (Å²) in [7, 11) is 0. The van der Waals surface area contributed by atoms with E-state index in [0.29, 0.717) is 17.7 Å². The maximum atomic E-state index is 12.5. The van der Waals surface area contributed by atoms with E-state index < -0.39 is 23.4 Å². The van der Waals surface area contributed by atoms with Crippen molar-refractivity contribution >= 4 is 29.4 Å². The number of hydrazine groups is 1. The molecule has 0 aromatic heterocycles. The van der Waals surface area contributed by atoms with Gasteiger partial charge in [0.15, 0.2) is 0 Å². The highest BCUT2D eigenvalue weighted by Crippen LogP contribution is 2.20. The number of hydrogen-bond acceptors (Lipinski definition) is 5. The second-order valence-corrected chi connectivity index (χ2v) is 7.67. The second kappa shape index (κ2) is 8.10. The fraction of sp³-hybridized carbons (Fsp3) is 0.500. The Labute approximate surface area is 169 Å². The summed E-state index contributed by atoms with van der Waals surface area (Å²) in [6.45, 7) is 6.71. The van der Waals surface area contributed by atoms with Gasteiger partial charge < -0.3 is 15.5 Å². The van der Waals surface area contributed by atoms with E-state index in [9.17, 15) is 19.2 Å². The molecule has 0 saturated carbocycles. The average molecular weight is 401 g/mol. The van der Waals surface area contributed by atoms with E-state index in [2.05, 4.69) is 16.1 Å². The van der Waals surface area contributed by atoms with Gasteiger partial charge in [0.05, 0.1) is 6.54 Å². The molecule has 3 rings (SSSR count). The SMILES string of the molecule is CCC1(C)NC(=O)N(NC(=O)CNc2ccc(C(=O)N3CCCC3)cc2C)C1=O. The summed E-state index contributed by atoms with van der Waals surface area (Å²) >= 11 is 0. The number of imide groups is 1. The van der Waals surface area contributed by atoms with Gasteiger partial charge in [-0.2, -0.15) is 5.01 Å². The summed E-state index contributed by atoms with van der Waals surface area (Å²) in [5.74, 6) is -0.989. The Kier molecular flexibility index (Phi) is 5.76. The first kappa shape index (κ1) is 20.6. The van der Waals surface area contributed by atoms with Crippen LogP contribution in [0.2, 0.25) is 0 Å². The van der Waals surface area contributed by atoms with Crippen molar-refractivity contribution in [1.29, 1.82) is 0 Å². The van der Waals surface area contributed by atoms with Gasteiger partial charge in [-0.1, -0.05) is 6.92 Å². The smallest absolute Gasteiger partial charge is 0.344 e. The number of benzene rings is 1. The van der Waals surface area contributed by atoms with Crippen LogP contribution in [0, 0.1) is 6.92 Å². The number of likely N-dealkylation sites (tertiary alicyclic amines) is 1. The highest BCUT2D eigenvalue weighted by atomic mass is 16.2. The normalized spacial score (nSPS) is 21.3. The van der Waals surface area contributed by atoms with Crippen molar-refractivity contribution in [2.24, 2.45) is 0 Å². The molecule has 156 valence electrons. The van der Waals surface area contributed by atoms with Crippen molar-refractivity contribution in [2.45, 2.75) is 45.6 Å². The van der Waals surface area contributed by atoms with Crippen LogP contribution in [0.1, 0.15) is 49.0 Å². The van der Waals surface area contributed by atoms with E-state index in [4.69, 9.17) is 0 Å². The lowest BCUT2D eigenvalue weighted by Crippen LogP contribution is -2.50. The van der Waals surface area contributed by atoms with Gasteiger partial charge in [-0.05, 0) is 56.9 Å². The number of nitrogens with zero attached hydrogens (tertiary/aromatic N) is 2. The van der Waals surface area contributed by atoms with Gasteiger partial charge >= 0.3 is 6.03 Å². The Morgan fingerprint density at radius 1 is 1.21 bits per heavy atom. The van der Waals surface area contributed by atoms with Crippen LogP contribution in [0.3, 0.4) is 0 Å². The zero-order chi connectivity index (χ0) is 21.2. The van der Waals surface area contributed by atoms with E-state index >= 15 is 0 Å². The maximum Gasteiger partial charge on any atom is 0.344 e. The lowest BCUT2D eigenvalue weighted by atomic mass is 10.00. The maximum absolute atomic E-state index is 12.5. The molecule has 9 nitrogen and oxygen atoms in total. The standard InChI is InChI=1S/C20H27N5O4/c1-4-20(3)18(28)25(19(29)22-20)23-16(26)12-21-15-8-7-14(11-13(15)2)17(27)24-9-5-6-10-24/h7-8,11,21H,4-6,9-10,12H2,1-3H3,(H,22,29)(H,23,26). The lowest BCUT2D eigenvalue weighted by molar-refractivity contribution is -0.138. The molecule has 0 spiro atoms. The Hall–Kier alpha value is -3.10. The molecular formula is C20H27N5O4. The molecule has 3 N–H and O–H groups in total. The first-order chi connectivity index (χ1) is 13.7. The van der Waals surface area contributed by atoms with Gasteiger partial charge in [0.25, 0.3) is 17.7 Å². The summed E-state index contributed by atoms with van der Waals surface area (Å²) in [6, 6.07) is 4.64. The van der Waals surface area contributed by atoms with Crippen LogP contribution in [0.25, 0.3) is 0 Å². The van der Waals surface area contributed by atoms with Gasteiger partial charge in [0.2, 0.25) is 0 Å². The zero-order valence-electron chi connectivity index (χ0n) is 17.0. The Morgan fingerprint density at radius 2 is 1.90 bits per heavy atom. The first-order valence-electron chi connectivity index (χ1n) is 9.85. The molecule has 1 aromatic rings. The van der Waals surface area contributed by atoms with E-state index in [0.717, 1.165) is 36.5 Å². The highest BCUT2D eigenvalue weighted by Gasteiger charge is 2.47. The number of carbonyl (C=O) groups excluding carboxylic acids is 4. The van der Waals surface area contributed by atoms with Crippen molar-refractivity contribution in [1.82, 2.24) is 20.7 Å². The Morgan fingerprint density at radius 3 is 2.48 bits per heavy atom. The molecule has 5 amide bonds. The summed E-state index contributed by atoms with van der Waals surface area (Å²) in [4.78, 5) is 50.8. The number of anilines is 1. The molecule has 2 aliphatic rings. The molecule has 0 bridgehead atoms. The molecule has 29 heavy (non-hydrogen) atoms. The quantitative estimate of drug-likeness (QED) is 0.624. The Bertz CT molecular complexity index is 849. The minimum Gasteiger partial charge on any atom is -0.376 e. The van der Waals surface area contributed by atoms with Gasteiger partial charge in [-0.3, -0.25) is 19.8 Å². The number of urea groups is 1. The number of rotatable bonds is 6. The third-order valence-corrected chi connectivity index (χ3v) is 5.51. The highest BCUT2D eigenvalue weighted by molar-refractivity contribution is 6.07. The number of hydrogen-bond donors (Lipinski definition) is 3. The van der Waals surface area contributed by atoms with Crippen LogP contribution in [0.5, 0.6) is 0 Å². The van der Waals surface area contributed by atoms with Crippen LogP contribution in [-0.4, -0.2) is 58.8 Å². The van der Waals surface area contributed by atoms with Crippen molar-refractivity contribution in [3.8, 4) is 0 Å². The number of amides is 5. The van der Waals surface area contributed by atoms with Crippen LogP contribution in [0.15, 0.2) is 18.2 Å². The van der Waals surface area contributed by atoms with Crippen LogP contribution in [-0.2, 0) is 9.59 Å². The predicted octanol–water partition coefficient (Wildman–Crippen LogP) is 1.39. The van der Waals surface area contributed by atoms with Crippen molar-refractivity contribution in [2.75, 3.05) is 25.0 Å². The molecular weight excluding hydrogens is 374 g/mol. The topological polar surface area (TPSA) is 111 Å². The monoisotopic (exact) mass is 401 g/mol. The third kappa shape index (κ3) is 4.18. The molecule has 2 heterocycles. The zero-order valence-corrected chi connectivity index (χ0v) is 17.0.